The topological polar surface area (TPSA) is 73.5 Å². The van der Waals surface area contributed by atoms with Crippen LogP contribution in [0.2, 0.25) is 0 Å². The van der Waals surface area contributed by atoms with Crippen molar-refractivity contribution < 1.29 is 9.59 Å². The summed E-state index contributed by atoms with van der Waals surface area (Å²) in [5.74, 6) is -0.227. The average molecular weight is 270 g/mol. The summed E-state index contributed by atoms with van der Waals surface area (Å²) in [5.41, 5.74) is 0. The number of hydrogen-bond acceptors (Lipinski definition) is 4. The van der Waals surface area contributed by atoms with Gasteiger partial charge in [0.1, 0.15) is 0 Å². The van der Waals surface area contributed by atoms with Crippen LogP contribution in [0.15, 0.2) is 0 Å². The Bertz CT molecular complexity index is 292. The maximum atomic E-state index is 11.8. The maximum Gasteiger partial charge on any atom is 0.321 e. The molecule has 3 N–H and O–H groups in total. The Morgan fingerprint density at radius 1 is 1.26 bits per heavy atom. The Kier molecular flexibility index (Phi) is 7.43. The standard InChI is InChI=1S/C13H26N4O2/c1-3-5-6-15-13(19)16-12(18)10-17(7-4-2)11-8-14-9-11/h11,14H,3-10H2,1-2H3,(H2,15,16,18,19). The van der Waals surface area contributed by atoms with Crippen molar-refractivity contribution in [2.75, 3.05) is 32.7 Å². The number of nitrogens with zero attached hydrogens (tertiary/aromatic N) is 1. The second kappa shape index (κ2) is 8.87. The number of amides is 3. The molecule has 0 bridgehead atoms. The molecule has 0 aromatic heterocycles. The van der Waals surface area contributed by atoms with Gasteiger partial charge in [-0.1, -0.05) is 20.3 Å². The fourth-order valence-corrected chi connectivity index (χ4v) is 1.98. The first kappa shape index (κ1) is 15.9. The molecule has 1 fully saturated rings. The van der Waals surface area contributed by atoms with E-state index in [0.717, 1.165) is 38.9 Å². The first-order valence-electron chi connectivity index (χ1n) is 7.19. The summed E-state index contributed by atoms with van der Waals surface area (Å²) in [4.78, 5) is 25.4. The molecule has 1 aliphatic heterocycles. The van der Waals surface area contributed by atoms with Gasteiger partial charge in [-0.05, 0) is 19.4 Å². The molecule has 1 heterocycles. The minimum Gasteiger partial charge on any atom is -0.338 e. The molecule has 0 aliphatic carbocycles. The van der Waals surface area contributed by atoms with Crippen LogP contribution in [0.5, 0.6) is 0 Å². The highest BCUT2D eigenvalue weighted by Gasteiger charge is 2.25. The first-order valence-corrected chi connectivity index (χ1v) is 7.19. The highest BCUT2D eigenvalue weighted by atomic mass is 16.2. The van der Waals surface area contributed by atoms with Gasteiger partial charge in [0.15, 0.2) is 0 Å². The summed E-state index contributed by atoms with van der Waals surface area (Å²) in [7, 11) is 0. The van der Waals surface area contributed by atoms with Crippen molar-refractivity contribution in [2.24, 2.45) is 0 Å². The van der Waals surface area contributed by atoms with E-state index in [4.69, 9.17) is 0 Å². The van der Waals surface area contributed by atoms with Crippen LogP contribution >= 0.6 is 0 Å². The number of carbonyl (C=O) groups excluding carboxylic acids is 2. The van der Waals surface area contributed by atoms with E-state index in [1.165, 1.54) is 0 Å². The molecule has 0 unspecified atom stereocenters. The molecule has 6 heteroatoms. The highest BCUT2D eigenvalue weighted by Crippen LogP contribution is 2.05. The van der Waals surface area contributed by atoms with Crippen LogP contribution in [0.4, 0.5) is 4.79 Å². The van der Waals surface area contributed by atoms with Crippen molar-refractivity contribution in [1.82, 2.24) is 20.9 Å². The van der Waals surface area contributed by atoms with Crippen LogP contribution in [0.25, 0.3) is 0 Å². The van der Waals surface area contributed by atoms with Gasteiger partial charge >= 0.3 is 6.03 Å². The number of rotatable bonds is 8. The molecule has 0 atom stereocenters. The molecule has 1 saturated heterocycles. The minimum atomic E-state index is -0.387. The van der Waals surface area contributed by atoms with Gasteiger partial charge in [0, 0.05) is 25.7 Å². The minimum absolute atomic E-state index is 0.227. The lowest BCUT2D eigenvalue weighted by molar-refractivity contribution is -0.122. The highest BCUT2D eigenvalue weighted by molar-refractivity contribution is 5.95. The molecule has 1 aliphatic rings. The van der Waals surface area contributed by atoms with Crippen LogP contribution < -0.4 is 16.0 Å². The van der Waals surface area contributed by atoms with Crippen molar-refractivity contribution in [3.8, 4) is 0 Å². The number of imide groups is 1. The van der Waals surface area contributed by atoms with Gasteiger partial charge in [-0.3, -0.25) is 15.0 Å². The number of unbranched alkanes of at least 4 members (excludes halogenated alkanes) is 1. The Hall–Kier alpha value is -1.14. The Labute approximate surface area is 115 Å². The number of carbonyl (C=O) groups is 2. The van der Waals surface area contributed by atoms with Crippen molar-refractivity contribution in [3.05, 3.63) is 0 Å². The molecule has 19 heavy (non-hydrogen) atoms. The Morgan fingerprint density at radius 2 is 2.00 bits per heavy atom. The predicted octanol–water partition coefficient (Wildman–Crippen LogP) is 0.296. The second-order valence-electron chi connectivity index (χ2n) is 4.94. The van der Waals surface area contributed by atoms with Crippen LogP contribution in [0.1, 0.15) is 33.1 Å². The average Bonchev–Trinajstić information content (AvgIpc) is 2.27. The van der Waals surface area contributed by atoms with Crippen molar-refractivity contribution in [3.63, 3.8) is 0 Å². The molecule has 0 radical (unpaired) electrons. The fourth-order valence-electron chi connectivity index (χ4n) is 1.98. The molecule has 0 saturated carbocycles. The summed E-state index contributed by atoms with van der Waals surface area (Å²) in [6.07, 6.45) is 2.96. The second-order valence-corrected chi connectivity index (χ2v) is 4.94. The van der Waals surface area contributed by atoms with Gasteiger partial charge < -0.3 is 10.6 Å². The quantitative estimate of drug-likeness (QED) is 0.555. The zero-order valence-electron chi connectivity index (χ0n) is 12.0. The van der Waals surface area contributed by atoms with Gasteiger partial charge in [-0.15, -0.1) is 0 Å². The first-order chi connectivity index (χ1) is 9.17. The van der Waals surface area contributed by atoms with E-state index in [1.807, 2.05) is 0 Å². The third-order valence-corrected chi connectivity index (χ3v) is 3.20. The van der Waals surface area contributed by atoms with E-state index < -0.39 is 0 Å². The van der Waals surface area contributed by atoms with Crippen LogP contribution in [0.3, 0.4) is 0 Å². The van der Waals surface area contributed by atoms with Gasteiger partial charge in [-0.2, -0.15) is 0 Å². The largest absolute Gasteiger partial charge is 0.338 e. The zero-order chi connectivity index (χ0) is 14.1. The maximum absolute atomic E-state index is 11.8. The van der Waals surface area contributed by atoms with Gasteiger partial charge in [0.05, 0.1) is 6.54 Å². The fraction of sp³-hybridized carbons (Fsp3) is 0.846. The Morgan fingerprint density at radius 3 is 2.53 bits per heavy atom. The lowest BCUT2D eigenvalue weighted by Crippen LogP contribution is -2.59. The van der Waals surface area contributed by atoms with E-state index in [-0.39, 0.29) is 11.9 Å². The van der Waals surface area contributed by atoms with Gasteiger partial charge in [-0.25, -0.2) is 4.79 Å². The molecule has 110 valence electrons. The Balaban J connectivity index is 2.25. The molecule has 6 nitrogen and oxygen atoms in total. The van der Waals surface area contributed by atoms with E-state index in [0.29, 0.717) is 19.1 Å². The molecular formula is C13H26N4O2. The van der Waals surface area contributed by atoms with E-state index in [2.05, 4.69) is 34.7 Å². The van der Waals surface area contributed by atoms with E-state index in [1.54, 1.807) is 0 Å². The number of urea groups is 1. The van der Waals surface area contributed by atoms with Crippen LogP contribution in [0, 0.1) is 0 Å². The molecule has 1 rings (SSSR count). The van der Waals surface area contributed by atoms with E-state index >= 15 is 0 Å². The third-order valence-electron chi connectivity index (χ3n) is 3.20. The molecule has 3 amide bonds. The zero-order valence-corrected chi connectivity index (χ0v) is 12.0. The monoisotopic (exact) mass is 270 g/mol. The molecule has 0 aromatic rings. The normalized spacial score (nSPS) is 15.1. The van der Waals surface area contributed by atoms with E-state index in [9.17, 15) is 9.59 Å². The summed E-state index contributed by atoms with van der Waals surface area (Å²) in [5, 5.41) is 8.25. The molecule has 0 spiro atoms. The lowest BCUT2D eigenvalue weighted by atomic mass is 10.1. The van der Waals surface area contributed by atoms with Gasteiger partial charge in [0.25, 0.3) is 0 Å². The van der Waals surface area contributed by atoms with Crippen LogP contribution in [-0.2, 0) is 4.79 Å². The third kappa shape index (κ3) is 6.02. The summed E-state index contributed by atoms with van der Waals surface area (Å²) in [6.45, 7) is 7.79. The van der Waals surface area contributed by atoms with Crippen molar-refractivity contribution in [2.45, 2.75) is 39.2 Å². The van der Waals surface area contributed by atoms with Gasteiger partial charge in [0.2, 0.25) is 5.91 Å². The smallest absolute Gasteiger partial charge is 0.321 e. The number of nitrogens with one attached hydrogen (secondary N) is 3. The van der Waals surface area contributed by atoms with Crippen molar-refractivity contribution in [1.29, 1.82) is 0 Å². The summed E-state index contributed by atoms with van der Waals surface area (Å²) in [6, 6.07) is 0.0375. The lowest BCUT2D eigenvalue weighted by Gasteiger charge is -2.37. The van der Waals surface area contributed by atoms with Crippen molar-refractivity contribution >= 4 is 11.9 Å². The molecular weight excluding hydrogens is 244 g/mol. The van der Waals surface area contributed by atoms with Crippen LogP contribution in [-0.4, -0.2) is 55.6 Å². The molecule has 0 aromatic carbocycles. The summed E-state index contributed by atoms with van der Waals surface area (Å²) >= 11 is 0. The number of hydrogen-bond donors (Lipinski definition) is 3. The predicted molar refractivity (Wildman–Crippen MR) is 75.0 cm³/mol. The SMILES string of the molecule is CCCCNC(=O)NC(=O)CN(CCC)C1CNC1. The summed E-state index contributed by atoms with van der Waals surface area (Å²) < 4.78 is 0.